The summed E-state index contributed by atoms with van der Waals surface area (Å²) < 4.78 is 4.32. The van der Waals surface area contributed by atoms with Crippen molar-refractivity contribution in [3.8, 4) is 10.6 Å². The molecule has 2 atom stereocenters. The molecule has 0 bridgehead atoms. The SMILES string of the molecule is Cc1csc(-c2c(N)nsc2NC2CCCCC2C)n1. The monoisotopic (exact) mass is 308 g/mol. The maximum atomic E-state index is 6.05. The first-order valence-electron chi connectivity index (χ1n) is 7.09. The molecule has 1 aliphatic rings. The molecule has 20 heavy (non-hydrogen) atoms. The van der Waals surface area contributed by atoms with Crippen molar-refractivity contribution in [1.82, 2.24) is 9.36 Å². The topological polar surface area (TPSA) is 63.8 Å². The van der Waals surface area contributed by atoms with Crippen LogP contribution in [0.2, 0.25) is 0 Å². The zero-order valence-electron chi connectivity index (χ0n) is 11.8. The summed E-state index contributed by atoms with van der Waals surface area (Å²) in [5, 5.41) is 7.78. The number of aromatic nitrogens is 2. The standard InChI is InChI=1S/C14H20N4S2/c1-8-5-3-4-6-10(8)17-14-11(12(15)18-20-14)13-16-9(2)7-19-13/h7-8,10,17H,3-6H2,1-2H3,(H2,15,18). The largest absolute Gasteiger partial charge is 0.382 e. The van der Waals surface area contributed by atoms with Crippen LogP contribution in [-0.4, -0.2) is 15.4 Å². The van der Waals surface area contributed by atoms with Crippen molar-refractivity contribution in [2.24, 2.45) is 5.92 Å². The van der Waals surface area contributed by atoms with Gasteiger partial charge >= 0.3 is 0 Å². The van der Waals surface area contributed by atoms with Crippen LogP contribution in [0, 0.1) is 12.8 Å². The molecule has 6 heteroatoms. The summed E-state index contributed by atoms with van der Waals surface area (Å²) in [6, 6.07) is 0.531. The first-order chi connectivity index (χ1) is 9.65. The lowest BCUT2D eigenvalue weighted by atomic mass is 9.86. The average Bonchev–Trinajstić information content (AvgIpc) is 2.99. The second-order valence-electron chi connectivity index (χ2n) is 5.58. The highest BCUT2D eigenvalue weighted by molar-refractivity contribution is 7.15. The van der Waals surface area contributed by atoms with E-state index in [1.165, 1.54) is 37.2 Å². The third-order valence-electron chi connectivity index (χ3n) is 3.98. The summed E-state index contributed by atoms with van der Waals surface area (Å²) in [6.45, 7) is 4.33. The molecular weight excluding hydrogens is 288 g/mol. The molecule has 0 aliphatic heterocycles. The summed E-state index contributed by atoms with van der Waals surface area (Å²) >= 11 is 3.09. The fourth-order valence-corrected chi connectivity index (χ4v) is 4.47. The second kappa shape index (κ2) is 5.69. The van der Waals surface area contributed by atoms with E-state index in [1.54, 1.807) is 11.3 Å². The summed E-state index contributed by atoms with van der Waals surface area (Å²) in [5.41, 5.74) is 8.07. The van der Waals surface area contributed by atoms with Crippen molar-refractivity contribution in [3.63, 3.8) is 0 Å². The Morgan fingerprint density at radius 2 is 2.15 bits per heavy atom. The van der Waals surface area contributed by atoms with E-state index in [9.17, 15) is 0 Å². The van der Waals surface area contributed by atoms with E-state index >= 15 is 0 Å². The molecule has 0 saturated heterocycles. The van der Waals surface area contributed by atoms with Crippen LogP contribution in [0.1, 0.15) is 38.3 Å². The first kappa shape index (κ1) is 13.8. The van der Waals surface area contributed by atoms with Gasteiger partial charge in [-0.2, -0.15) is 4.37 Å². The third kappa shape index (κ3) is 2.67. The van der Waals surface area contributed by atoms with Gasteiger partial charge in [0.05, 0.1) is 5.56 Å². The van der Waals surface area contributed by atoms with Gasteiger partial charge < -0.3 is 11.1 Å². The molecular formula is C14H20N4S2. The van der Waals surface area contributed by atoms with Crippen molar-refractivity contribution in [2.45, 2.75) is 45.6 Å². The van der Waals surface area contributed by atoms with Gasteiger partial charge in [0.25, 0.3) is 0 Å². The Morgan fingerprint density at radius 3 is 2.85 bits per heavy atom. The number of nitrogens with zero attached hydrogens (tertiary/aromatic N) is 2. The molecule has 0 aromatic carbocycles. The van der Waals surface area contributed by atoms with Gasteiger partial charge in [-0.1, -0.05) is 19.8 Å². The number of anilines is 2. The van der Waals surface area contributed by atoms with E-state index in [0.29, 0.717) is 17.8 Å². The van der Waals surface area contributed by atoms with Crippen molar-refractivity contribution in [2.75, 3.05) is 11.1 Å². The predicted molar refractivity (Wildman–Crippen MR) is 87.4 cm³/mol. The highest BCUT2D eigenvalue weighted by Gasteiger charge is 2.24. The van der Waals surface area contributed by atoms with Gasteiger partial charge in [-0.25, -0.2) is 4.98 Å². The Bertz CT molecular complexity index is 590. The molecule has 2 heterocycles. The number of aryl methyl sites for hydroxylation is 1. The lowest BCUT2D eigenvalue weighted by molar-refractivity contribution is 0.350. The lowest BCUT2D eigenvalue weighted by Crippen LogP contribution is -2.30. The van der Waals surface area contributed by atoms with Crippen LogP contribution in [-0.2, 0) is 0 Å². The van der Waals surface area contributed by atoms with Gasteiger partial charge in [-0.05, 0) is 37.2 Å². The molecule has 2 aromatic rings. The van der Waals surface area contributed by atoms with E-state index in [-0.39, 0.29) is 0 Å². The van der Waals surface area contributed by atoms with Crippen LogP contribution in [0.15, 0.2) is 5.38 Å². The molecule has 3 rings (SSSR count). The summed E-state index contributed by atoms with van der Waals surface area (Å²) in [5.74, 6) is 1.30. The molecule has 108 valence electrons. The van der Waals surface area contributed by atoms with Crippen molar-refractivity contribution < 1.29 is 0 Å². The molecule has 1 aliphatic carbocycles. The number of rotatable bonds is 3. The van der Waals surface area contributed by atoms with Gasteiger partial charge in [-0.3, -0.25) is 0 Å². The quantitative estimate of drug-likeness (QED) is 0.894. The van der Waals surface area contributed by atoms with Crippen LogP contribution in [0.4, 0.5) is 10.8 Å². The fourth-order valence-electron chi connectivity index (χ4n) is 2.78. The molecule has 1 fully saturated rings. The molecule has 0 radical (unpaired) electrons. The zero-order chi connectivity index (χ0) is 14.1. The third-order valence-corrected chi connectivity index (χ3v) is 5.75. The Kier molecular flexibility index (Phi) is 3.94. The predicted octanol–water partition coefficient (Wildman–Crippen LogP) is 4.15. The van der Waals surface area contributed by atoms with Crippen LogP contribution in [0.5, 0.6) is 0 Å². The smallest absolute Gasteiger partial charge is 0.149 e. The Labute approximate surface area is 127 Å². The molecule has 2 unspecified atom stereocenters. The van der Waals surface area contributed by atoms with Gasteiger partial charge in [0.1, 0.15) is 15.8 Å². The molecule has 4 nitrogen and oxygen atoms in total. The average molecular weight is 308 g/mol. The van der Waals surface area contributed by atoms with E-state index in [0.717, 1.165) is 21.3 Å². The first-order valence-corrected chi connectivity index (χ1v) is 8.74. The van der Waals surface area contributed by atoms with Gasteiger partial charge in [0, 0.05) is 17.1 Å². The lowest BCUT2D eigenvalue weighted by Gasteiger charge is -2.29. The molecule has 2 aromatic heterocycles. The fraction of sp³-hybridized carbons (Fsp3) is 0.571. The Hall–Kier alpha value is -1.14. The van der Waals surface area contributed by atoms with Gasteiger partial charge in [0.2, 0.25) is 0 Å². The second-order valence-corrected chi connectivity index (χ2v) is 7.21. The Morgan fingerprint density at radius 1 is 1.35 bits per heavy atom. The van der Waals surface area contributed by atoms with Crippen LogP contribution in [0.3, 0.4) is 0 Å². The van der Waals surface area contributed by atoms with Crippen LogP contribution < -0.4 is 11.1 Å². The minimum atomic E-state index is 0.531. The highest BCUT2D eigenvalue weighted by Crippen LogP contribution is 2.40. The normalized spacial score (nSPS) is 22.9. The number of nitrogens with one attached hydrogen (secondary N) is 1. The van der Waals surface area contributed by atoms with Crippen molar-refractivity contribution in [3.05, 3.63) is 11.1 Å². The molecule has 1 saturated carbocycles. The molecule has 0 amide bonds. The van der Waals surface area contributed by atoms with Crippen molar-refractivity contribution in [1.29, 1.82) is 0 Å². The number of hydrogen-bond donors (Lipinski definition) is 2. The summed E-state index contributed by atoms with van der Waals surface area (Å²) in [4.78, 5) is 4.55. The van der Waals surface area contributed by atoms with Crippen molar-refractivity contribution >= 4 is 33.7 Å². The number of nitrogen functional groups attached to an aromatic ring is 1. The van der Waals surface area contributed by atoms with E-state index < -0.39 is 0 Å². The van der Waals surface area contributed by atoms with Crippen LogP contribution in [0.25, 0.3) is 10.6 Å². The van der Waals surface area contributed by atoms with E-state index in [1.807, 2.05) is 6.92 Å². The number of nitrogens with two attached hydrogens (primary N) is 1. The minimum absolute atomic E-state index is 0.531. The van der Waals surface area contributed by atoms with Gasteiger partial charge in [-0.15, -0.1) is 11.3 Å². The number of hydrogen-bond acceptors (Lipinski definition) is 6. The zero-order valence-corrected chi connectivity index (χ0v) is 13.5. The Balaban J connectivity index is 1.87. The maximum absolute atomic E-state index is 6.05. The maximum Gasteiger partial charge on any atom is 0.149 e. The minimum Gasteiger partial charge on any atom is -0.382 e. The summed E-state index contributed by atoms with van der Waals surface area (Å²) in [7, 11) is 0. The summed E-state index contributed by atoms with van der Waals surface area (Å²) in [6.07, 6.45) is 5.19. The van der Waals surface area contributed by atoms with E-state index in [2.05, 4.69) is 27.0 Å². The molecule has 0 spiro atoms. The highest BCUT2D eigenvalue weighted by atomic mass is 32.1. The van der Waals surface area contributed by atoms with Gasteiger partial charge in [0.15, 0.2) is 0 Å². The van der Waals surface area contributed by atoms with Crippen LogP contribution >= 0.6 is 22.9 Å². The number of thiazole rings is 1. The van der Waals surface area contributed by atoms with E-state index in [4.69, 9.17) is 5.73 Å². The molecule has 3 N–H and O–H groups in total.